The molecule has 2 aliphatic rings. The molecule has 0 amide bonds. The van der Waals surface area contributed by atoms with Gasteiger partial charge in [0.2, 0.25) is 10.0 Å². The second kappa shape index (κ2) is 5.86. The summed E-state index contributed by atoms with van der Waals surface area (Å²) in [6.45, 7) is 1.02. The molecule has 1 aliphatic heterocycles. The normalized spacial score (nSPS) is 25.2. The average molecular weight is 312 g/mol. The lowest BCUT2D eigenvalue weighted by Gasteiger charge is -2.33. The monoisotopic (exact) mass is 312 g/mol. The van der Waals surface area contributed by atoms with Gasteiger partial charge in [-0.15, -0.1) is 0 Å². The third-order valence-electron chi connectivity index (χ3n) is 4.17. The van der Waals surface area contributed by atoms with E-state index in [9.17, 15) is 8.42 Å². The SMILES string of the molecule is Nc1nccnc1[C@H]1CN(S(=O)(=O)C2CCCC2)CCO1. The van der Waals surface area contributed by atoms with Gasteiger partial charge in [-0.05, 0) is 12.8 Å². The van der Waals surface area contributed by atoms with Crippen molar-refractivity contribution in [2.24, 2.45) is 0 Å². The largest absolute Gasteiger partial charge is 0.382 e. The van der Waals surface area contributed by atoms with Gasteiger partial charge in [0.15, 0.2) is 0 Å². The summed E-state index contributed by atoms with van der Waals surface area (Å²) in [5.41, 5.74) is 6.32. The van der Waals surface area contributed by atoms with Crippen molar-refractivity contribution in [2.75, 3.05) is 25.4 Å². The van der Waals surface area contributed by atoms with E-state index in [2.05, 4.69) is 9.97 Å². The zero-order valence-corrected chi connectivity index (χ0v) is 12.6. The number of morpholine rings is 1. The van der Waals surface area contributed by atoms with Crippen molar-refractivity contribution in [2.45, 2.75) is 37.0 Å². The van der Waals surface area contributed by atoms with Crippen LogP contribution in [-0.2, 0) is 14.8 Å². The van der Waals surface area contributed by atoms with E-state index in [1.807, 2.05) is 0 Å². The van der Waals surface area contributed by atoms with Gasteiger partial charge in [0.25, 0.3) is 0 Å². The molecule has 8 heteroatoms. The molecule has 0 radical (unpaired) electrons. The van der Waals surface area contributed by atoms with Crippen LogP contribution in [0.25, 0.3) is 0 Å². The van der Waals surface area contributed by atoms with E-state index in [1.165, 1.54) is 10.5 Å². The average Bonchev–Trinajstić information content (AvgIpc) is 3.03. The van der Waals surface area contributed by atoms with E-state index < -0.39 is 16.1 Å². The summed E-state index contributed by atoms with van der Waals surface area (Å²) >= 11 is 0. The Labute approximate surface area is 124 Å². The highest BCUT2D eigenvalue weighted by Gasteiger charge is 2.38. The number of anilines is 1. The standard InChI is InChI=1S/C13H20N4O3S/c14-13-12(15-5-6-16-13)11-9-17(7-8-20-11)21(18,19)10-3-1-2-4-10/h5-6,10-11H,1-4,7-9H2,(H2,14,16)/t11-/m1/s1. The van der Waals surface area contributed by atoms with E-state index >= 15 is 0 Å². The van der Waals surface area contributed by atoms with Gasteiger partial charge >= 0.3 is 0 Å². The first-order valence-corrected chi connectivity index (χ1v) is 8.76. The first kappa shape index (κ1) is 14.7. The number of nitrogens with two attached hydrogens (primary N) is 1. The lowest BCUT2D eigenvalue weighted by atomic mass is 10.2. The molecule has 1 aromatic heterocycles. The van der Waals surface area contributed by atoms with Gasteiger partial charge in [0.05, 0.1) is 11.9 Å². The zero-order chi connectivity index (χ0) is 14.9. The fourth-order valence-electron chi connectivity index (χ4n) is 3.03. The van der Waals surface area contributed by atoms with Crippen LogP contribution in [0.1, 0.15) is 37.5 Å². The molecule has 1 aromatic rings. The minimum absolute atomic E-state index is 0.240. The maximum Gasteiger partial charge on any atom is 0.217 e. The van der Waals surface area contributed by atoms with Crippen LogP contribution < -0.4 is 5.73 Å². The third-order valence-corrected chi connectivity index (χ3v) is 6.54. The predicted molar refractivity (Wildman–Crippen MR) is 77.9 cm³/mol. The van der Waals surface area contributed by atoms with Crippen molar-refractivity contribution in [3.05, 3.63) is 18.1 Å². The third kappa shape index (κ3) is 2.88. The first-order valence-electron chi connectivity index (χ1n) is 7.26. The van der Waals surface area contributed by atoms with E-state index in [1.54, 1.807) is 6.20 Å². The van der Waals surface area contributed by atoms with Crippen LogP contribution in [0, 0.1) is 0 Å². The van der Waals surface area contributed by atoms with Gasteiger partial charge in [0, 0.05) is 25.5 Å². The van der Waals surface area contributed by atoms with Crippen LogP contribution >= 0.6 is 0 Å². The fourth-order valence-corrected chi connectivity index (χ4v) is 5.05. The van der Waals surface area contributed by atoms with Gasteiger partial charge in [-0.3, -0.25) is 4.98 Å². The molecule has 21 heavy (non-hydrogen) atoms. The lowest BCUT2D eigenvalue weighted by molar-refractivity contribution is -0.00492. The molecular formula is C13H20N4O3S. The molecule has 2 heterocycles. The van der Waals surface area contributed by atoms with Crippen LogP contribution in [-0.4, -0.2) is 47.6 Å². The fraction of sp³-hybridized carbons (Fsp3) is 0.692. The maximum atomic E-state index is 12.7. The number of nitrogens with zero attached hydrogens (tertiary/aromatic N) is 3. The van der Waals surface area contributed by atoms with Gasteiger partial charge in [-0.25, -0.2) is 13.4 Å². The first-order chi connectivity index (χ1) is 10.1. The Morgan fingerprint density at radius 3 is 2.67 bits per heavy atom. The van der Waals surface area contributed by atoms with Gasteiger partial charge < -0.3 is 10.5 Å². The van der Waals surface area contributed by atoms with E-state index in [-0.39, 0.29) is 11.8 Å². The van der Waals surface area contributed by atoms with Gasteiger partial charge in [-0.2, -0.15) is 4.31 Å². The number of rotatable bonds is 3. The molecule has 1 aliphatic carbocycles. The Balaban J connectivity index is 1.78. The number of nitrogen functional groups attached to an aromatic ring is 1. The Morgan fingerprint density at radius 2 is 1.95 bits per heavy atom. The van der Waals surface area contributed by atoms with Crippen LogP contribution in [0.15, 0.2) is 12.4 Å². The number of hydrogen-bond acceptors (Lipinski definition) is 6. The van der Waals surface area contributed by atoms with Crippen molar-refractivity contribution in [1.29, 1.82) is 0 Å². The number of aromatic nitrogens is 2. The van der Waals surface area contributed by atoms with Crippen LogP contribution in [0.2, 0.25) is 0 Å². The Bertz CT molecular complexity index is 601. The molecule has 0 spiro atoms. The lowest BCUT2D eigenvalue weighted by Crippen LogP contribution is -2.46. The Kier molecular flexibility index (Phi) is 4.10. The summed E-state index contributed by atoms with van der Waals surface area (Å²) < 4.78 is 32.5. The number of ether oxygens (including phenoxy) is 1. The molecule has 0 bridgehead atoms. The summed E-state index contributed by atoms with van der Waals surface area (Å²) in [5.74, 6) is 0.294. The number of hydrogen-bond donors (Lipinski definition) is 1. The second-order valence-electron chi connectivity index (χ2n) is 5.50. The topological polar surface area (TPSA) is 98.4 Å². The molecule has 116 valence electrons. The van der Waals surface area contributed by atoms with Crippen LogP contribution in [0.5, 0.6) is 0 Å². The minimum Gasteiger partial charge on any atom is -0.382 e. The molecule has 1 saturated carbocycles. The van der Waals surface area contributed by atoms with Crippen molar-refractivity contribution < 1.29 is 13.2 Å². The molecule has 1 atom stereocenters. The molecule has 3 rings (SSSR count). The van der Waals surface area contributed by atoms with E-state index in [4.69, 9.17) is 10.5 Å². The van der Waals surface area contributed by atoms with Crippen molar-refractivity contribution in [3.8, 4) is 0 Å². The molecular weight excluding hydrogens is 292 g/mol. The molecule has 0 unspecified atom stereocenters. The Morgan fingerprint density at radius 1 is 1.24 bits per heavy atom. The van der Waals surface area contributed by atoms with Gasteiger partial charge in [0.1, 0.15) is 17.6 Å². The highest BCUT2D eigenvalue weighted by Crippen LogP contribution is 2.31. The summed E-state index contributed by atoms with van der Waals surface area (Å²) in [6.07, 6.45) is 6.12. The molecule has 7 nitrogen and oxygen atoms in total. The zero-order valence-electron chi connectivity index (χ0n) is 11.8. The van der Waals surface area contributed by atoms with Crippen molar-refractivity contribution in [1.82, 2.24) is 14.3 Å². The van der Waals surface area contributed by atoms with E-state index in [0.717, 1.165) is 25.7 Å². The predicted octanol–water partition coefficient (Wildman–Crippen LogP) is 0.704. The smallest absolute Gasteiger partial charge is 0.217 e. The van der Waals surface area contributed by atoms with Gasteiger partial charge in [-0.1, -0.05) is 12.8 Å². The van der Waals surface area contributed by atoms with Crippen LogP contribution in [0.4, 0.5) is 5.82 Å². The molecule has 2 fully saturated rings. The summed E-state index contributed by atoms with van der Waals surface area (Å²) in [7, 11) is -3.25. The summed E-state index contributed by atoms with van der Waals surface area (Å²) in [5, 5.41) is -0.240. The van der Waals surface area contributed by atoms with Crippen molar-refractivity contribution >= 4 is 15.8 Å². The quantitative estimate of drug-likeness (QED) is 0.882. The molecule has 1 saturated heterocycles. The van der Waals surface area contributed by atoms with Crippen LogP contribution in [0.3, 0.4) is 0 Å². The minimum atomic E-state index is -3.25. The van der Waals surface area contributed by atoms with Crippen molar-refractivity contribution in [3.63, 3.8) is 0 Å². The second-order valence-corrected chi connectivity index (χ2v) is 7.71. The number of sulfonamides is 1. The Hall–Kier alpha value is -1.25. The summed E-state index contributed by atoms with van der Waals surface area (Å²) in [6, 6.07) is 0. The molecule has 2 N–H and O–H groups in total. The molecule has 0 aromatic carbocycles. The maximum absolute atomic E-state index is 12.7. The highest BCUT2D eigenvalue weighted by atomic mass is 32.2. The highest BCUT2D eigenvalue weighted by molar-refractivity contribution is 7.89. The summed E-state index contributed by atoms with van der Waals surface area (Å²) in [4.78, 5) is 8.17. The van der Waals surface area contributed by atoms with E-state index in [0.29, 0.717) is 24.7 Å².